The Kier molecular flexibility index (Phi) is 4.32. The monoisotopic (exact) mass is 243 g/mol. The average Bonchev–Trinajstić information content (AvgIpc) is 2.22. The summed E-state index contributed by atoms with van der Waals surface area (Å²) in [6.07, 6.45) is 0. The summed E-state index contributed by atoms with van der Waals surface area (Å²) in [7, 11) is -3.34. The zero-order valence-electron chi connectivity index (χ0n) is 9.56. The first-order valence-corrected chi connectivity index (χ1v) is 6.79. The zero-order valence-corrected chi connectivity index (χ0v) is 10.4. The van der Waals surface area contributed by atoms with Crippen molar-refractivity contribution < 1.29 is 13.2 Å². The molecule has 0 heterocycles. The van der Waals surface area contributed by atoms with Crippen molar-refractivity contribution in [2.75, 3.05) is 24.7 Å². The Morgan fingerprint density at radius 2 is 2.06 bits per heavy atom. The van der Waals surface area contributed by atoms with E-state index in [0.29, 0.717) is 12.3 Å². The molecule has 1 aromatic rings. The van der Waals surface area contributed by atoms with Gasteiger partial charge >= 0.3 is 0 Å². The lowest BCUT2D eigenvalue weighted by Crippen LogP contribution is -2.14. The minimum absolute atomic E-state index is 0.0332. The van der Waals surface area contributed by atoms with E-state index in [9.17, 15) is 8.42 Å². The van der Waals surface area contributed by atoms with Crippen molar-refractivity contribution in [2.45, 2.75) is 18.7 Å². The second-order valence-corrected chi connectivity index (χ2v) is 5.63. The largest absolute Gasteiger partial charge is 0.398 e. The summed E-state index contributed by atoms with van der Waals surface area (Å²) >= 11 is 0. The highest BCUT2D eigenvalue weighted by Gasteiger charge is 2.17. The Balaban J connectivity index is 2.93. The normalized spacial score (nSPS) is 11.6. The molecule has 0 aliphatic carbocycles. The molecule has 90 valence electrons. The van der Waals surface area contributed by atoms with Gasteiger partial charge in [-0.05, 0) is 31.5 Å². The number of hydrogen-bond donors (Lipinski definition) is 1. The highest BCUT2D eigenvalue weighted by molar-refractivity contribution is 7.91. The van der Waals surface area contributed by atoms with Crippen LogP contribution in [-0.4, -0.2) is 27.4 Å². The molecule has 4 nitrogen and oxygen atoms in total. The van der Waals surface area contributed by atoms with E-state index in [1.54, 1.807) is 18.2 Å². The van der Waals surface area contributed by atoms with Gasteiger partial charge in [-0.15, -0.1) is 0 Å². The van der Waals surface area contributed by atoms with Crippen LogP contribution in [0.25, 0.3) is 0 Å². The van der Waals surface area contributed by atoms with Gasteiger partial charge in [0.25, 0.3) is 0 Å². The van der Waals surface area contributed by atoms with Crippen molar-refractivity contribution in [3.05, 3.63) is 23.8 Å². The molecule has 0 saturated heterocycles. The predicted molar refractivity (Wildman–Crippen MR) is 64.1 cm³/mol. The summed E-state index contributed by atoms with van der Waals surface area (Å²) < 4.78 is 28.9. The SMILES string of the molecule is CCOCCS(=O)(=O)c1cc(C)ccc1N. The number of nitrogens with two attached hydrogens (primary N) is 1. The Morgan fingerprint density at radius 3 is 2.69 bits per heavy atom. The second-order valence-electron chi connectivity index (χ2n) is 3.56. The van der Waals surface area contributed by atoms with Crippen LogP contribution in [0.1, 0.15) is 12.5 Å². The quantitative estimate of drug-likeness (QED) is 0.626. The van der Waals surface area contributed by atoms with Gasteiger partial charge in [0, 0.05) is 6.61 Å². The molecule has 0 fully saturated rings. The van der Waals surface area contributed by atoms with Gasteiger partial charge in [-0.2, -0.15) is 0 Å². The fourth-order valence-corrected chi connectivity index (χ4v) is 2.68. The van der Waals surface area contributed by atoms with Crippen LogP contribution in [0.3, 0.4) is 0 Å². The molecule has 5 heteroatoms. The highest BCUT2D eigenvalue weighted by atomic mass is 32.2. The van der Waals surface area contributed by atoms with Gasteiger partial charge in [0.15, 0.2) is 9.84 Å². The lowest BCUT2D eigenvalue weighted by Gasteiger charge is -2.08. The van der Waals surface area contributed by atoms with E-state index in [2.05, 4.69) is 0 Å². The van der Waals surface area contributed by atoms with E-state index in [4.69, 9.17) is 10.5 Å². The number of hydrogen-bond acceptors (Lipinski definition) is 4. The Bertz CT molecular complexity index is 454. The average molecular weight is 243 g/mol. The first-order chi connectivity index (χ1) is 7.47. The molecule has 1 rings (SSSR count). The smallest absolute Gasteiger partial charge is 0.182 e. The van der Waals surface area contributed by atoms with Crippen molar-refractivity contribution in [1.82, 2.24) is 0 Å². The topological polar surface area (TPSA) is 69.4 Å². The lowest BCUT2D eigenvalue weighted by atomic mass is 10.2. The van der Waals surface area contributed by atoms with Crippen LogP contribution >= 0.6 is 0 Å². The molecule has 0 atom stereocenters. The van der Waals surface area contributed by atoms with Gasteiger partial charge in [0.2, 0.25) is 0 Å². The number of ether oxygens (including phenoxy) is 1. The molecule has 16 heavy (non-hydrogen) atoms. The van der Waals surface area contributed by atoms with Crippen molar-refractivity contribution in [3.8, 4) is 0 Å². The van der Waals surface area contributed by atoms with Crippen LogP contribution in [0.2, 0.25) is 0 Å². The standard InChI is InChI=1S/C11H17NO3S/c1-3-15-6-7-16(13,14)11-8-9(2)4-5-10(11)12/h4-5,8H,3,6-7,12H2,1-2H3. The van der Waals surface area contributed by atoms with Crippen LogP contribution in [0, 0.1) is 6.92 Å². The summed E-state index contributed by atoms with van der Waals surface area (Å²) in [6.45, 7) is 4.37. The highest BCUT2D eigenvalue weighted by Crippen LogP contribution is 2.20. The van der Waals surface area contributed by atoms with Gasteiger partial charge in [-0.25, -0.2) is 8.42 Å². The van der Waals surface area contributed by atoms with E-state index in [1.807, 2.05) is 13.8 Å². The summed E-state index contributed by atoms with van der Waals surface area (Å²) in [4.78, 5) is 0.201. The first kappa shape index (κ1) is 13.0. The minimum atomic E-state index is -3.34. The van der Waals surface area contributed by atoms with Gasteiger partial charge in [0.05, 0.1) is 22.9 Å². The van der Waals surface area contributed by atoms with E-state index in [1.165, 1.54) is 0 Å². The van der Waals surface area contributed by atoms with Gasteiger partial charge < -0.3 is 10.5 Å². The fourth-order valence-electron chi connectivity index (χ4n) is 1.33. The number of anilines is 1. The summed E-state index contributed by atoms with van der Waals surface area (Å²) in [5.74, 6) is -0.0332. The first-order valence-electron chi connectivity index (χ1n) is 5.14. The summed E-state index contributed by atoms with van der Waals surface area (Å²) in [6, 6.07) is 5.00. The van der Waals surface area contributed by atoms with Crippen LogP contribution in [0.5, 0.6) is 0 Å². The van der Waals surface area contributed by atoms with Crippen LogP contribution in [0.4, 0.5) is 5.69 Å². The number of rotatable bonds is 5. The van der Waals surface area contributed by atoms with Gasteiger partial charge in [-0.1, -0.05) is 6.07 Å². The molecule has 0 aromatic heterocycles. The molecular formula is C11H17NO3S. The molecule has 0 saturated carbocycles. The van der Waals surface area contributed by atoms with Crippen molar-refractivity contribution in [2.24, 2.45) is 0 Å². The molecule has 0 spiro atoms. The number of benzene rings is 1. The predicted octanol–water partition coefficient (Wildman–Crippen LogP) is 1.39. The maximum atomic E-state index is 11.9. The van der Waals surface area contributed by atoms with Crippen LogP contribution < -0.4 is 5.73 Å². The van der Waals surface area contributed by atoms with Crippen molar-refractivity contribution >= 4 is 15.5 Å². The number of nitrogen functional groups attached to an aromatic ring is 1. The molecule has 2 N–H and O–H groups in total. The Labute approximate surface area is 96.3 Å². The van der Waals surface area contributed by atoms with Crippen molar-refractivity contribution in [3.63, 3.8) is 0 Å². The van der Waals surface area contributed by atoms with E-state index < -0.39 is 9.84 Å². The molecule has 0 amide bonds. The minimum Gasteiger partial charge on any atom is -0.398 e. The van der Waals surface area contributed by atoms with E-state index in [0.717, 1.165) is 5.56 Å². The zero-order chi connectivity index (χ0) is 12.2. The Morgan fingerprint density at radius 1 is 1.38 bits per heavy atom. The van der Waals surface area contributed by atoms with E-state index >= 15 is 0 Å². The third-order valence-electron chi connectivity index (χ3n) is 2.20. The van der Waals surface area contributed by atoms with Gasteiger partial charge in [0.1, 0.15) is 0 Å². The molecule has 0 bridgehead atoms. The molecule has 0 aliphatic rings. The fraction of sp³-hybridized carbons (Fsp3) is 0.455. The van der Waals surface area contributed by atoms with Crippen LogP contribution in [0.15, 0.2) is 23.1 Å². The molecule has 0 aliphatic heterocycles. The maximum Gasteiger partial charge on any atom is 0.182 e. The molecule has 1 aromatic carbocycles. The number of aryl methyl sites for hydroxylation is 1. The number of sulfone groups is 1. The lowest BCUT2D eigenvalue weighted by molar-refractivity contribution is 0.163. The van der Waals surface area contributed by atoms with Crippen LogP contribution in [-0.2, 0) is 14.6 Å². The second kappa shape index (κ2) is 5.32. The third kappa shape index (κ3) is 3.21. The van der Waals surface area contributed by atoms with Gasteiger partial charge in [-0.3, -0.25) is 0 Å². The third-order valence-corrected chi connectivity index (χ3v) is 3.93. The Hall–Kier alpha value is -1.07. The molecular weight excluding hydrogens is 226 g/mol. The summed E-state index contributed by atoms with van der Waals surface area (Å²) in [5, 5.41) is 0. The molecule has 0 radical (unpaired) electrons. The van der Waals surface area contributed by atoms with Crippen molar-refractivity contribution in [1.29, 1.82) is 0 Å². The molecule has 0 unspecified atom stereocenters. The summed E-state index contributed by atoms with van der Waals surface area (Å²) in [5.41, 5.74) is 6.83. The maximum absolute atomic E-state index is 11.9. The van der Waals surface area contributed by atoms with E-state index in [-0.39, 0.29) is 17.3 Å².